The second-order valence-corrected chi connectivity index (χ2v) is 6.40. The van der Waals surface area contributed by atoms with Gasteiger partial charge in [-0.05, 0) is 55.9 Å². The highest BCUT2D eigenvalue weighted by molar-refractivity contribution is 9.10. The molecule has 0 atom stereocenters. The SMILES string of the molecule is CC(=O)c1ccc(NC(=O)CN(C)Cc2ccc(Br)cc2)cc1. The van der Waals surface area contributed by atoms with Crippen LogP contribution in [0.3, 0.4) is 0 Å². The van der Waals surface area contributed by atoms with Crippen molar-refractivity contribution in [2.75, 3.05) is 18.9 Å². The van der Waals surface area contributed by atoms with Gasteiger partial charge in [0.05, 0.1) is 6.54 Å². The number of rotatable bonds is 6. The van der Waals surface area contributed by atoms with Crippen molar-refractivity contribution in [3.63, 3.8) is 0 Å². The zero-order chi connectivity index (χ0) is 16.8. The van der Waals surface area contributed by atoms with Crippen molar-refractivity contribution in [1.29, 1.82) is 0 Å². The molecule has 0 saturated heterocycles. The first kappa shape index (κ1) is 17.4. The number of nitrogens with zero attached hydrogens (tertiary/aromatic N) is 1. The zero-order valence-corrected chi connectivity index (χ0v) is 14.8. The van der Waals surface area contributed by atoms with E-state index in [1.807, 2.05) is 36.2 Å². The van der Waals surface area contributed by atoms with E-state index in [0.29, 0.717) is 24.3 Å². The van der Waals surface area contributed by atoms with Crippen LogP contribution >= 0.6 is 15.9 Å². The van der Waals surface area contributed by atoms with Crippen LogP contribution in [0.15, 0.2) is 53.0 Å². The standard InChI is InChI=1S/C18H19BrN2O2/c1-13(22)15-5-9-17(10-6-15)20-18(23)12-21(2)11-14-3-7-16(19)8-4-14/h3-10H,11-12H2,1-2H3,(H,20,23). The van der Waals surface area contributed by atoms with E-state index in [9.17, 15) is 9.59 Å². The van der Waals surface area contributed by atoms with E-state index >= 15 is 0 Å². The maximum absolute atomic E-state index is 12.1. The predicted octanol–water partition coefficient (Wildman–Crippen LogP) is 3.72. The number of halogens is 1. The van der Waals surface area contributed by atoms with Gasteiger partial charge in [-0.1, -0.05) is 28.1 Å². The third-order valence-electron chi connectivity index (χ3n) is 3.35. The van der Waals surface area contributed by atoms with Gasteiger partial charge in [-0.15, -0.1) is 0 Å². The molecule has 1 amide bonds. The smallest absolute Gasteiger partial charge is 0.238 e. The Balaban J connectivity index is 1.86. The summed E-state index contributed by atoms with van der Waals surface area (Å²) in [5.41, 5.74) is 2.47. The summed E-state index contributed by atoms with van der Waals surface area (Å²) < 4.78 is 1.04. The van der Waals surface area contributed by atoms with Crippen LogP contribution in [0.2, 0.25) is 0 Å². The third-order valence-corrected chi connectivity index (χ3v) is 3.88. The molecule has 2 rings (SSSR count). The summed E-state index contributed by atoms with van der Waals surface area (Å²) in [6.45, 7) is 2.51. The normalized spacial score (nSPS) is 10.6. The molecule has 2 aromatic rings. The first-order valence-electron chi connectivity index (χ1n) is 7.28. The van der Waals surface area contributed by atoms with Crippen LogP contribution in [-0.4, -0.2) is 30.2 Å². The van der Waals surface area contributed by atoms with Crippen molar-refractivity contribution in [2.24, 2.45) is 0 Å². The number of hydrogen-bond acceptors (Lipinski definition) is 3. The molecule has 0 bridgehead atoms. The minimum absolute atomic E-state index is 0.0112. The number of anilines is 1. The van der Waals surface area contributed by atoms with Gasteiger partial charge in [0, 0.05) is 22.3 Å². The van der Waals surface area contributed by atoms with Crippen LogP contribution < -0.4 is 5.32 Å². The van der Waals surface area contributed by atoms with Crippen molar-refractivity contribution < 1.29 is 9.59 Å². The molecule has 0 aliphatic rings. The van der Waals surface area contributed by atoms with Crippen molar-refractivity contribution in [1.82, 2.24) is 4.90 Å². The first-order chi connectivity index (χ1) is 10.9. The molecule has 23 heavy (non-hydrogen) atoms. The van der Waals surface area contributed by atoms with E-state index in [1.165, 1.54) is 6.92 Å². The van der Waals surface area contributed by atoms with Gasteiger partial charge in [0.25, 0.3) is 0 Å². The minimum Gasteiger partial charge on any atom is -0.325 e. The van der Waals surface area contributed by atoms with Crippen LogP contribution in [0, 0.1) is 0 Å². The maximum atomic E-state index is 12.1. The molecule has 2 aromatic carbocycles. The number of nitrogens with one attached hydrogen (secondary N) is 1. The summed E-state index contributed by atoms with van der Waals surface area (Å²) >= 11 is 3.40. The van der Waals surface area contributed by atoms with E-state index in [4.69, 9.17) is 0 Å². The number of benzene rings is 2. The Bertz CT molecular complexity index is 681. The summed E-state index contributed by atoms with van der Waals surface area (Å²) in [4.78, 5) is 25.2. The molecule has 0 aliphatic heterocycles. The largest absolute Gasteiger partial charge is 0.325 e. The van der Waals surface area contributed by atoms with Gasteiger partial charge in [-0.25, -0.2) is 0 Å². The average Bonchev–Trinajstić information content (AvgIpc) is 2.50. The second kappa shape index (κ2) is 8.04. The van der Waals surface area contributed by atoms with Gasteiger partial charge in [0.1, 0.15) is 0 Å². The Morgan fingerprint density at radius 1 is 1.04 bits per heavy atom. The van der Waals surface area contributed by atoms with E-state index in [0.717, 1.165) is 10.0 Å². The molecule has 4 nitrogen and oxygen atoms in total. The summed E-state index contributed by atoms with van der Waals surface area (Å²) in [7, 11) is 1.90. The number of carbonyl (C=O) groups is 2. The molecular weight excluding hydrogens is 356 g/mol. The molecule has 0 aliphatic carbocycles. The van der Waals surface area contributed by atoms with E-state index in [-0.39, 0.29) is 11.7 Å². The lowest BCUT2D eigenvalue weighted by atomic mass is 10.1. The van der Waals surface area contributed by atoms with Gasteiger partial charge in [0.2, 0.25) is 5.91 Å². The quantitative estimate of drug-likeness (QED) is 0.783. The molecular formula is C18H19BrN2O2. The lowest BCUT2D eigenvalue weighted by molar-refractivity contribution is -0.117. The number of amides is 1. The molecule has 0 aromatic heterocycles. The summed E-state index contributed by atoms with van der Waals surface area (Å²) in [5, 5.41) is 2.83. The topological polar surface area (TPSA) is 49.4 Å². The number of likely N-dealkylation sites (N-methyl/N-ethyl adjacent to an activating group) is 1. The van der Waals surface area contributed by atoms with Crippen molar-refractivity contribution >= 4 is 33.3 Å². The minimum atomic E-state index is -0.0832. The van der Waals surface area contributed by atoms with E-state index in [1.54, 1.807) is 24.3 Å². The lowest BCUT2D eigenvalue weighted by Crippen LogP contribution is -2.29. The van der Waals surface area contributed by atoms with Crippen molar-refractivity contribution in [2.45, 2.75) is 13.5 Å². The van der Waals surface area contributed by atoms with Crippen LogP contribution in [0.25, 0.3) is 0 Å². The first-order valence-corrected chi connectivity index (χ1v) is 8.07. The predicted molar refractivity (Wildman–Crippen MR) is 95.6 cm³/mol. The molecule has 0 unspecified atom stereocenters. The summed E-state index contributed by atoms with van der Waals surface area (Å²) in [6, 6.07) is 14.9. The van der Waals surface area contributed by atoms with Crippen LogP contribution in [0.5, 0.6) is 0 Å². The molecule has 5 heteroatoms. The Morgan fingerprint density at radius 3 is 2.22 bits per heavy atom. The number of Topliss-reactive ketones (excluding diaryl/α,β-unsaturated/α-hetero) is 1. The summed E-state index contributed by atoms with van der Waals surface area (Å²) in [5.74, 6) is -0.0719. The molecule has 0 heterocycles. The fraction of sp³-hybridized carbons (Fsp3) is 0.222. The van der Waals surface area contributed by atoms with Crippen molar-refractivity contribution in [3.8, 4) is 0 Å². The molecule has 0 spiro atoms. The lowest BCUT2D eigenvalue weighted by Gasteiger charge is -2.16. The maximum Gasteiger partial charge on any atom is 0.238 e. The summed E-state index contributed by atoms with van der Waals surface area (Å²) in [6.07, 6.45) is 0. The average molecular weight is 375 g/mol. The second-order valence-electron chi connectivity index (χ2n) is 5.48. The van der Waals surface area contributed by atoms with E-state index < -0.39 is 0 Å². The van der Waals surface area contributed by atoms with Crippen molar-refractivity contribution in [3.05, 3.63) is 64.1 Å². The van der Waals surface area contributed by atoms with Gasteiger partial charge in [0.15, 0.2) is 5.78 Å². The number of hydrogen-bond donors (Lipinski definition) is 1. The fourth-order valence-electron chi connectivity index (χ4n) is 2.19. The van der Waals surface area contributed by atoms with Gasteiger partial charge in [-0.2, -0.15) is 0 Å². The number of carbonyl (C=O) groups excluding carboxylic acids is 2. The monoisotopic (exact) mass is 374 g/mol. The Kier molecular flexibility index (Phi) is 6.07. The highest BCUT2D eigenvalue weighted by Crippen LogP contribution is 2.12. The molecule has 1 N–H and O–H groups in total. The highest BCUT2D eigenvalue weighted by Gasteiger charge is 2.08. The van der Waals surface area contributed by atoms with Gasteiger partial charge >= 0.3 is 0 Å². The third kappa shape index (κ3) is 5.62. The Labute approximate surface area is 144 Å². The van der Waals surface area contributed by atoms with Crippen LogP contribution in [-0.2, 0) is 11.3 Å². The van der Waals surface area contributed by atoms with Crippen LogP contribution in [0.4, 0.5) is 5.69 Å². The molecule has 0 radical (unpaired) electrons. The van der Waals surface area contributed by atoms with Gasteiger partial charge < -0.3 is 5.32 Å². The Hall–Kier alpha value is -1.98. The molecule has 0 fully saturated rings. The Morgan fingerprint density at radius 2 is 1.65 bits per heavy atom. The highest BCUT2D eigenvalue weighted by atomic mass is 79.9. The fourth-order valence-corrected chi connectivity index (χ4v) is 2.46. The van der Waals surface area contributed by atoms with E-state index in [2.05, 4.69) is 21.2 Å². The van der Waals surface area contributed by atoms with Crippen LogP contribution in [0.1, 0.15) is 22.8 Å². The molecule has 120 valence electrons. The van der Waals surface area contributed by atoms with Gasteiger partial charge in [-0.3, -0.25) is 14.5 Å². The zero-order valence-electron chi connectivity index (χ0n) is 13.2. The number of ketones is 1. The molecule has 0 saturated carbocycles.